The van der Waals surface area contributed by atoms with E-state index in [1.165, 1.54) is 12.1 Å². The van der Waals surface area contributed by atoms with Gasteiger partial charge in [0.15, 0.2) is 0 Å². The summed E-state index contributed by atoms with van der Waals surface area (Å²) in [7, 11) is -3.89. The van der Waals surface area contributed by atoms with Crippen LogP contribution in [-0.2, 0) is 14.8 Å². The maximum Gasteiger partial charge on any atom is 0.321 e. The predicted molar refractivity (Wildman–Crippen MR) is 93.1 cm³/mol. The molecule has 0 aliphatic carbocycles. The second kappa shape index (κ2) is 7.02. The van der Waals surface area contributed by atoms with Gasteiger partial charge in [-0.05, 0) is 54.3 Å². The van der Waals surface area contributed by atoms with E-state index in [1.54, 1.807) is 25.1 Å². The molecule has 0 radical (unpaired) electrons. The number of nitrogen functional groups attached to an aromatic ring is 1. The molecule has 0 heterocycles. The number of rotatable bonds is 6. The summed E-state index contributed by atoms with van der Waals surface area (Å²) in [6, 6.07) is 10.6. The molecule has 0 amide bonds. The highest BCUT2D eigenvalue weighted by atomic mass is 32.2. The molecule has 0 bridgehead atoms. The van der Waals surface area contributed by atoms with Gasteiger partial charge in [0.2, 0.25) is 10.0 Å². The second-order valence-electron chi connectivity index (χ2n) is 5.52. The molecule has 24 heavy (non-hydrogen) atoms. The zero-order valence-electron chi connectivity index (χ0n) is 13.5. The van der Waals surface area contributed by atoms with Crippen LogP contribution >= 0.6 is 0 Å². The van der Waals surface area contributed by atoms with Crippen molar-refractivity contribution < 1.29 is 18.3 Å². The minimum atomic E-state index is -3.89. The van der Waals surface area contributed by atoms with E-state index in [4.69, 9.17) is 10.8 Å². The molecule has 0 aliphatic heterocycles. The Labute approximate surface area is 141 Å². The van der Waals surface area contributed by atoms with E-state index in [0.717, 1.165) is 16.7 Å². The SMILES string of the molecule is CCC(NS(=O)(=O)c1ccc(-c2cc(N)ccc2C)cc1)C(=O)O. The van der Waals surface area contributed by atoms with Crippen LogP contribution < -0.4 is 10.5 Å². The number of carboxylic acid groups (broad SMARTS) is 1. The molecule has 0 aromatic heterocycles. The third-order valence-corrected chi connectivity index (χ3v) is 5.23. The Morgan fingerprint density at radius 3 is 2.38 bits per heavy atom. The number of nitrogens with one attached hydrogen (secondary N) is 1. The molecule has 0 saturated heterocycles. The zero-order chi connectivity index (χ0) is 17.9. The van der Waals surface area contributed by atoms with Crippen molar-refractivity contribution >= 4 is 21.7 Å². The van der Waals surface area contributed by atoms with Crippen LogP contribution in [0.1, 0.15) is 18.9 Å². The van der Waals surface area contributed by atoms with E-state index in [9.17, 15) is 13.2 Å². The van der Waals surface area contributed by atoms with Crippen molar-refractivity contribution in [2.75, 3.05) is 5.73 Å². The van der Waals surface area contributed by atoms with Gasteiger partial charge in [-0.3, -0.25) is 4.79 Å². The fourth-order valence-electron chi connectivity index (χ4n) is 2.33. The number of aryl methyl sites for hydroxylation is 1. The number of anilines is 1. The summed E-state index contributed by atoms with van der Waals surface area (Å²) in [6.07, 6.45) is 0.162. The summed E-state index contributed by atoms with van der Waals surface area (Å²) in [5, 5.41) is 8.99. The number of aliphatic carboxylic acids is 1. The molecule has 2 aromatic carbocycles. The van der Waals surface area contributed by atoms with E-state index < -0.39 is 22.0 Å². The van der Waals surface area contributed by atoms with Gasteiger partial charge in [0.25, 0.3) is 0 Å². The third-order valence-electron chi connectivity index (χ3n) is 3.74. The number of carboxylic acids is 1. The largest absolute Gasteiger partial charge is 0.480 e. The standard InChI is InChI=1S/C17H20N2O4S/c1-3-16(17(20)21)19-24(22,23)14-8-5-12(6-9-14)15-10-13(18)7-4-11(15)2/h4-10,16,19H,3,18H2,1-2H3,(H,20,21). The minimum Gasteiger partial charge on any atom is -0.480 e. The lowest BCUT2D eigenvalue weighted by Gasteiger charge is -2.13. The molecule has 1 unspecified atom stereocenters. The summed E-state index contributed by atoms with van der Waals surface area (Å²) in [5.41, 5.74) is 9.21. The third kappa shape index (κ3) is 3.93. The van der Waals surface area contributed by atoms with Crippen LogP contribution in [0.2, 0.25) is 0 Å². The lowest BCUT2D eigenvalue weighted by Crippen LogP contribution is -2.40. The first-order valence-corrected chi connectivity index (χ1v) is 8.94. The summed E-state index contributed by atoms with van der Waals surface area (Å²) >= 11 is 0. The van der Waals surface area contributed by atoms with Crippen molar-refractivity contribution in [2.24, 2.45) is 0 Å². The number of benzene rings is 2. The number of carbonyl (C=O) groups is 1. The normalized spacial score (nSPS) is 12.8. The predicted octanol–water partition coefficient (Wildman–Crippen LogP) is 2.39. The Morgan fingerprint density at radius 1 is 1.21 bits per heavy atom. The quantitative estimate of drug-likeness (QED) is 0.694. The summed E-state index contributed by atoms with van der Waals surface area (Å²) in [4.78, 5) is 11.0. The average Bonchev–Trinajstić information content (AvgIpc) is 2.55. The maximum atomic E-state index is 12.3. The first-order valence-electron chi connectivity index (χ1n) is 7.46. The first kappa shape index (κ1) is 18.0. The van der Waals surface area contributed by atoms with Crippen LogP contribution in [0.5, 0.6) is 0 Å². The second-order valence-corrected chi connectivity index (χ2v) is 7.23. The van der Waals surface area contributed by atoms with Gasteiger partial charge in [0.05, 0.1) is 4.90 Å². The van der Waals surface area contributed by atoms with E-state index in [-0.39, 0.29) is 11.3 Å². The molecule has 0 saturated carbocycles. The van der Waals surface area contributed by atoms with Gasteiger partial charge in [-0.1, -0.05) is 25.1 Å². The van der Waals surface area contributed by atoms with E-state index in [0.29, 0.717) is 5.69 Å². The molecular weight excluding hydrogens is 328 g/mol. The molecule has 6 nitrogen and oxygen atoms in total. The van der Waals surface area contributed by atoms with Crippen LogP contribution in [0.25, 0.3) is 11.1 Å². The Kier molecular flexibility index (Phi) is 5.26. The highest BCUT2D eigenvalue weighted by Gasteiger charge is 2.23. The molecule has 2 aromatic rings. The van der Waals surface area contributed by atoms with Gasteiger partial charge in [-0.25, -0.2) is 8.42 Å². The highest BCUT2D eigenvalue weighted by molar-refractivity contribution is 7.89. The van der Waals surface area contributed by atoms with Crippen molar-refractivity contribution in [3.63, 3.8) is 0 Å². The average molecular weight is 348 g/mol. The summed E-state index contributed by atoms with van der Waals surface area (Å²) in [6.45, 7) is 3.55. The van der Waals surface area contributed by atoms with Crippen molar-refractivity contribution in [3.05, 3.63) is 48.0 Å². The van der Waals surface area contributed by atoms with Gasteiger partial charge in [0.1, 0.15) is 6.04 Å². The highest BCUT2D eigenvalue weighted by Crippen LogP contribution is 2.26. The molecule has 0 fully saturated rings. The van der Waals surface area contributed by atoms with Gasteiger partial charge >= 0.3 is 5.97 Å². The van der Waals surface area contributed by atoms with E-state index >= 15 is 0 Å². The van der Waals surface area contributed by atoms with Crippen molar-refractivity contribution in [2.45, 2.75) is 31.2 Å². The molecule has 2 rings (SSSR count). The number of hydrogen-bond donors (Lipinski definition) is 3. The Hall–Kier alpha value is -2.38. The topological polar surface area (TPSA) is 109 Å². The Bertz CT molecular complexity index is 845. The molecule has 0 spiro atoms. The van der Waals surface area contributed by atoms with Crippen molar-refractivity contribution in [1.29, 1.82) is 0 Å². The molecule has 1 atom stereocenters. The van der Waals surface area contributed by atoms with Crippen LogP contribution in [0.15, 0.2) is 47.4 Å². The minimum absolute atomic E-state index is 0.0208. The van der Waals surface area contributed by atoms with Crippen LogP contribution in [-0.4, -0.2) is 25.5 Å². The van der Waals surface area contributed by atoms with Gasteiger partial charge in [0, 0.05) is 5.69 Å². The summed E-state index contributed by atoms with van der Waals surface area (Å²) < 4.78 is 26.8. The van der Waals surface area contributed by atoms with Crippen molar-refractivity contribution in [3.8, 4) is 11.1 Å². The van der Waals surface area contributed by atoms with Gasteiger partial charge in [-0.2, -0.15) is 4.72 Å². The number of hydrogen-bond acceptors (Lipinski definition) is 4. The lowest BCUT2D eigenvalue weighted by atomic mass is 10.0. The molecule has 128 valence electrons. The monoisotopic (exact) mass is 348 g/mol. The molecule has 0 aliphatic rings. The first-order chi connectivity index (χ1) is 11.2. The Balaban J connectivity index is 2.32. The van der Waals surface area contributed by atoms with Gasteiger partial charge < -0.3 is 10.8 Å². The molecule has 4 N–H and O–H groups in total. The van der Waals surface area contributed by atoms with E-state index in [2.05, 4.69) is 4.72 Å². The fourth-order valence-corrected chi connectivity index (χ4v) is 3.60. The maximum absolute atomic E-state index is 12.3. The number of sulfonamides is 1. The van der Waals surface area contributed by atoms with Crippen LogP contribution in [0.4, 0.5) is 5.69 Å². The van der Waals surface area contributed by atoms with Crippen molar-refractivity contribution in [1.82, 2.24) is 4.72 Å². The van der Waals surface area contributed by atoms with Crippen LogP contribution in [0, 0.1) is 6.92 Å². The Morgan fingerprint density at radius 2 is 1.83 bits per heavy atom. The van der Waals surface area contributed by atoms with Crippen LogP contribution in [0.3, 0.4) is 0 Å². The zero-order valence-corrected chi connectivity index (χ0v) is 14.3. The summed E-state index contributed by atoms with van der Waals surface area (Å²) in [5.74, 6) is -1.20. The smallest absolute Gasteiger partial charge is 0.321 e. The lowest BCUT2D eigenvalue weighted by molar-refractivity contribution is -0.139. The van der Waals surface area contributed by atoms with E-state index in [1.807, 2.05) is 19.1 Å². The molecular formula is C17H20N2O4S. The number of nitrogens with two attached hydrogens (primary N) is 1. The van der Waals surface area contributed by atoms with Gasteiger partial charge in [-0.15, -0.1) is 0 Å². The fraction of sp³-hybridized carbons (Fsp3) is 0.235. The molecule has 7 heteroatoms.